The van der Waals surface area contributed by atoms with E-state index in [0.717, 1.165) is 6.26 Å². The van der Waals surface area contributed by atoms with Gasteiger partial charge in [-0.1, -0.05) is 0 Å². The van der Waals surface area contributed by atoms with Crippen LogP contribution in [0, 0.1) is 0 Å². The Labute approximate surface area is 48.8 Å². The predicted molar refractivity (Wildman–Crippen MR) is 33.3 cm³/mol. The summed E-state index contributed by atoms with van der Waals surface area (Å²) in [6, 6.07) is 0. The van der Waals surface area contributed by atoms with Gasteiger partial charge < -0.3 is 10.4 Å². The molecule has 0 aliphatic carbocycles. The predicted octanol–water partition coefficient (Wildman–Crippen LogP) is -1.24. The zero-order valence-electron chi connectivity index (χ0n) is 4.93. The molecule has 0 bridgehead atoms. The fourth-order valence-corrected chi connectivity index (χ4v) is 0.256. The van der Waals surface area contributed by atoms with Crippen molar-refractivity contribution in [2.45, 2.75) is 0 Å². The molecule has 44 valence electrons. The molecule has 3 nitrogen and oxygen atoms in total. The summed E-state index contributed by atoms with van der Waals surface area (Å²) in [4.78, 5) is 10.4. The molecule has 0 aromatic carbocycles. The molecule has 0 saturated heterocycles. The van der Waals surface area contributed by atoms with Crippen LogP contribution in [0.1, 0.15) is 0 Å². The van der Waals surface area contributed by atoms with E-state index in [1.807, 2.05) is 0 Å². The van der Waals surface area contributed by atoms with Gasteiger partial charge in [-0.25, -0.2) is 0 Å². The molecule has 0 aliphatic rings. The first-order chi connectivity index (χ1) is 3.72. The largest absolute Gasteiger partial charge is 0.516 e. The van der Waals surface area contributed by atoms with Crippen molar-refractivity contribution in [2.24, 2.45) is 0 Å². The number of carbonyl (C=O) groups is 1. The minimum Gasteiger partial charge on any atom is -0.516 e. The number of nitrogens with one attached hydrogen (secondary N) is 1. The number of likely N-dealkylation sites (N-methyl/N-ethyl adjacent to an activating group) is 1. The van der Waals surface area contributed by atoms with Crippen LogP contribution in [0.4, 0.5) is 0 Å². The molecule has 1 amide bonds. The van der Waals surface area contributed by atoms with Gasteiger partial charge in [0.15, 0.2) is 7.85 Å². The van der Waals surface area contributed by atoms with Gasteiger partial charge in [-0.05, 0) is 0 Å². The van der Waals surface area contributed by atoms with Crippen LogP contribution in [-0.2, 0) is 4.79 Å². The second kappa shape index (κ2) is 3.13. The van der Waals surface area contributed by atoms with Gasteiger partial charge in [-0.3, -0.25) is 4.79 Å². The third kappa shape index (κ3) is 1.68. The molecule has 0 radical (unpaired) electrons. The van der Waals surface area contributed by atoms with Crippen molar-refractivity contribution in [3.8, 4) is 0 Å². The third-order valence-electron chi connectivity index (χ3n) is 0.779. The van der Waals surface area contributed by atoms with E-state index in [2.05, 4.69) is 5.32 Å². The normalized spacial score (nSPS) is 10.9. The van der Waals surface area contributed by atoms with E-state index in [4.69, 9.17) is 5.11 Å². The lowest BCUT2D eigenvalue weighted by Crippen LogP contribution is -2.19. The summed E-state index contributed by atoms with van der Waals surface area (Å²) in [7, 11) is 3.04. The van der Waals surface area contributed by atoms with Gasteiger partial charge in [0.25, 0.3) is 0 Å². The van der Waals surface area contributed by atoms with E-state index in [9.17, 15) is 4.79 Å². The van der Waals surface area contributed by atoms with E-state index in [0.29, 0.717) is 5.47 Å². The van der Waals surface area contributed by atoms with Crippen molar-refractivity contribution < 1.29 is 9.90 Å². The Balaban J connectivity index is 3.83. The van der Waals surface area contributed by atoms with Crippen molar-refractivity contribution in [3.63, 3.8) is 0 Å². The maximum atomic E-state index is 10.4. The van der Waals surface area contributed by atoms with Crippen LogP contribution >= 0.6 is 0 Å². The summed E-state index contributed by atoms with van der Waals surface area (Å²) in [5, 5.41) is 10.6. The van der Waals surface area contributed by atoms with Crippen molar-refractivity contribution in [1.82, 2.24) is 5.32 Å². The highest BCUT2D eigenvalue weighted by molar-refractivity contribution is 6.36. The highest BCUT2D eigenvalue weighted by Crippen LogP contribution is 1.80. The van der Waals surface area contributed by atoms with Crippen LogP contribution < -0.4 is 5.32 Å². The van der Waals surface area contributed by atoms with Gasteiger partial charge in [-0.15, -0.1) is 0 Å². The van der Waals surface area contributed by atoms with Gasteiger partial charge in [-0.2, -0.15) is 0 Å². The van der Waals surface area contributed by atoms with Crippen LogP contribution in [0.2, 0.25) is 0 Å². The number of carbonyl (C=O) groups excluding carboxylic acids is 1. The molecule has 0 rings (SSSR count). The summed E-state index contributed by atoms with van der Waals surface area (Å²) in [6.07, 6.45) is 0.777. The first kappa shape index (κ1) is 7.07. The number of hydrogen-bond acceptors (Lipinski definition) is 2. The monoisotopic (exact) mass is 113 g/mol. The Morgan fingerprint density at radius 1 is 1.88 bits per heavy atom. The van der Waals surface area contributed by atoms with Crippen LogP contribution in [0.15, 0.2) is 11.7 Å². The molecule has 4 heteroatoms. The fraction of sp³-hybridized carbons (Fsp3) is 0.250. The maximum Gasteiger partial charge on any atom is 0.240 e. The smallest absolute Gasteiger partial charge is 0.240 e. The first-order valence-corrected chi connectivity index (χ1v) is 2.25. The number of rotatable bonds is 1. The second-order valence-corrected chi connectivity index (χ2v) is 1.39. The van der Waals surface area contributed by atoms with Crippen LogP contribution in [-0.4, -0.2) is 25.9 Å². The molecule has 0 unspecified atom stereocenters. The van der Waals surface area contributed by atoms with Crippen LogP contribution in [0.5, 0.6) is 0 Å². The highest BCUT2D eigenvalue weighted by atomic mass is 16.2. The molecule has 0 spiro atoms. The molecule has 0 aliphatic heterocycles. The lowest BCUT2D eigenvalue weighted by Gasteiger charge is -1.93. The summed E-state index contributed by atoms with van der Waals surface area (Å²) in [5.74, 6) is -0.257. The van der Waals surface area contributed by atoms with Gasteiger partial charge in [0.1, 0.15) is 0 Å². The van der Waals surface area contributed by atoms with E-state index in [1.54, 1.807) is 0 Å². The number of aliphatic hydroxyl groups is 1. The molecule has 0 saturated carbocycles. The SMILES string of the molecule is B/C(=C\O)C(=O)NC. The average molecular weight is 113 g/mol. The Bertz CT molecular complexity index is 121. The van der Waals surface area contributed by atoms with Crippen molar-refractivity contribution in [3.05, 3.63) is 11.7 Å². The lowest BCUT2D eigenvalue weighted by atomic mass is 9.97. The summed E-state index contributed by atoms with van der Waals surface area (Å²) in [5.41, 5.74) is 0.313. The van der Waals surface area contributed by atoms with Gasteiger partial charge in [0, 0.05) is 12.5 Å². The number of aliphatic hydroxyl groups excluding tert-OH is 1. The molecule has 2 N–H and O–H groups in total. The van der Waals surface area contributed by atoms with Crippen molar-refractivity contribution in [1.29, 1.82) is 0 Å². The molecule has 0 atom stereocenters. The standard InChI is InChI=1S/C4H8BNO2/c1-6-4(8)3(5)2-7/h2,7H,5H2,1H3,(H,6,8)/b3-2-. The van der Waals surface area contributed by atoms with Crippen molar-refractivity contribution in [2.75, 3.05) is 7.05 Å². The molecular weight excluding hydrogens is 105 g/mol. The lowest BCUT2D eigenvalue weighted by molar-refractivity contribution is -0.116. The summed E-state index contributed by atoms with van der Waals surface area (Å²) >= 11 is 0. The molecular formula is C4H8BNO2. The number of amides is 1. The van der Waals surface area contributed by atoms with E-state index in [1.165, 1.54) is 14.9 Å². The number of hydrogen-bond donors (Lipinski definition) is 2. The summed E-state index contributed by atoms with van der Waals surface area (Å²) in [6.45, 7) is 0. The minimum atomic E-state index is -0.257. The Hall–Kier alpha value is -0.925. The Morgan fingerprint density at radius 3 is 2.50 bits per heavy atom. The van der Waals surface area contributed by atoms with Crippen molar-refractivity contribution >= 4 is 13.8 Å². The minimum absolute atomic E-state index is 0.257. The molecule has 0 fully saturated rings. The van der Waals surface area contributed by atoms with Crippen LogP contribution in [0.25, 0.3) is 0 Å². The molecule has 0 heterocycles. The van der Waals surface area contributed by atoms with Gasteiger partial charge in [0.2, 0.25) is 5.91 Å². The molecule has 0 aromatic heterocycles. The first-order valence-electron chi connectivity index (χ1n) is 2.25. The van der Waals surface area contributed by atoms with E-state index < -0.39 is 0 Å². The molecule has 0 aromatic rings. The van der Waals surface area contributed by atoms with Gasteiger partial charge >= 0.3 is 0 Å². The zero-order chi connectivity index (χ0) is 6.57. The quantitative estimate of drug-likeness (QED) is 0.254. The van der Waals surface area contributed by atoms with E-state index in [-0.39, 0.29) is 5.91 Å². The topological polar surface area (TPSA) is 49.3 Å². The maximum absolute atomic E-state index is 10.4. The summed E-state index contributed by atoms with van der Waals surface area (Å²) < 4.78 is 0. The Kier molecular flexibility index (Phi) is 2.76. The highest BCUT2D eigenvalue weighted by Gasteiger charge is 1.96. The average Bonchev–Trinajstić information content (AvgIpc) is 1.84. The van der Waals surface area contributed by atoms with E-state index >= 15 is 0 Å². The van der Waals surface area contributed by atoms with Gasteiger partial charge in [0.05, 0.1) is 6.26 Å². The second-order valence-electron chi connectivity index (χ2n) is 1.39. The van der Waals surface area contributed by atoms with Crippen LogP contribution in [0.3, 0.4) is 0 Å². The molecule has 8 heavy (non-hydrogen) atoms. The Morgan fingerprint density at radius 2 is 2.38 bits per heavy atom. The fourth-order valence-electron chi connectivity index (χ4n) is 0.256. The zero-order valence-corrected chi connectivity index (χ0v) is 4.93. The third-order valence-corrected chi connectivity index (χ3v) is 0.779.